The molecule has 1 saturated heterocycles. The van der Waals surface area contributed by atoms with Crippen molar-refractivity contribution in [3.05, 3.63) is 54.3 Å². The van der Waals surface area contributed by atoms with Gasteiger partial charge in [0.05, 0.1) is 19.4 Å². The molecule has 0 saturated carbocycles. The Hall–Kier alpha value is -3.13. The number of nitrogens with zero attached hydrogens (tertiary/aromatic N) is 4. The van der Waals surface area contributed by atoms with E-state index in [9.17, 15) is 4.79 Å². The van der Waals surface area contributed by atoms with Gasteiger partial charge >= 0.3 is 0 Å². The Balaban J connectivity index is 1.32. The van der Waals surface area contributed by atoms with Crippen LogP contribution in [-0.4, -0.2) is 58.6 Å². The quantitative estimate of drug-likeness (QED) is 0.648. The summed E-state index contributed by atoms with van der Waals surface area (Å²) in [7, 11) is 0. The maximum absolute atomic E-state index is 12.3. The van der Waals surface area contributed by atoms with Crippen molar-refractivity contribution >= 4 is 5.91 Å². The van der Waals surface area contributed by atoms with Crippen molar-refractivity contribution in [2.24, 2.45) is 0 Å². The molecule has 8 heteroatoms. The first-order valence-electron chi connectivity index (χ1n) is 9.34. The van der Waals surface area contributed by atoms with Crippen molar-refractivity contribution in [2.75, 3.05) is 32.8 Å². The first-order valence-corrected chi connectivity index (χ1v) is 9.34. The van der Waals surface area contributed by atoms with Crippen LogP contribution in [0.3, 0.4) is 0 Å². The van der Waals surface area contributed by atoms with E-state index in [0.29, 0.717) is 43.7 Å². The normalized spacial score (nSPS) is 15.0. The number of carbonyl (C=O) groups excluding carboxylic acids is 1. The van der Waals surface area contributed by atoms with Crippen LogP contribution in [0.25, 0.3) is 11.4 Å². The predicted molar refractivity (Wildman–Crippen MR) is 101 cm³/mol. The molecule has 146 valence electrons. The highest BCUT2D eigenvalue weighted by Gasteiger charge is 2.24. The molecule has 2 aromatic heterocycles. The maximum atomic E-state index is 12.3. The number of aromatic nitrogens is 2. The van der Waals surface area contributed by atoms with Crippen LogP contribution in [0.5, 0.6) is 5.75 Å². The van der Waals surface area contributed by atoms with Gasteiger partial charge in [0.1, 0.15) is 5.75 Å². The summed E-state index contributed by atoms with van der Waals surface area (Å²) in [6.07, 6.45) is 1.51. The molecular formula is C20H22N4O4. The molecule has 0 aliphatic carbocycles. The molecule has 4 rings (SSSR count). The first-order chi connectivity index (χ1) is 13.7. The molecule has 8 nitrogen and oxygen atoms in total. The largest absolute Gasteiger partial charge is 0.494 e. The summed E-state index contributed by atoms with van der Waals surface area (Å²) in [6, 6.07) is 11.0. The monoisotopic (exact) mass is 382 g/mol. The van der Waals surface area contributed by atoms with Gasteiger partial charge in [0.15, 0.2) is 5.76 Å². The van der Waals surface area contributed by atoms with Gasteiger partial charge in [-0.1, -0.05) is 5.16 Å². The number of benzene rings is 1. The second-order valence-electron chi connectivity index (χ2n) is 6.51. The second kappa shape index (κ2) is 8.26. The molecule has 1 amide bonds. The third-order valence-electron chi connectivity index (χ3n) is 4.64. The van der Waals surface area contributed by atoms with E-state index in [2.05, 4.69) is 15.0 Å². The molecule has 3 heterocycles. The van der Waals surface area contributed by atoms with E-state index >= 15 is 0 Å². The lowest BCUT2D eigenvalue weighted by molar-refractivity contribution is 0.0585. The number of amides is 1. The fourth-order valence-corrected chi connectivity index (χ4v) is 3.16. The number of piperazine rings is 1. The molecular weight excluding hydrogens is 360 g/mol. The number of rotatable bonds is 6. The predicted octanol–water partition coefficient (Wildman–Crippen LogP) is 2.69. The van der Waals surface area contributed by atoms with Gasteiger partial charge in [0.2, 0.25) is 11.7 Å². The zero-order valence-corrected chi connectivity index (χ0v) is 15.7. The van der Waals surface area contributed by atoms with Crippen molar-refractivity contribution < 1.29 is 18.5 Å². The molecule has 0 N–H and O–H groups in total. The van der Waals surface area contributed by atoms with E-state index in [4.69, 9.17) is 13.7 Å². The molecule has 3 aromatic rings. The van der Waals surface area contributed by atoms with Crippen molar-refractivity contribution in [1.29, 1.82) is 0 Å². The summed E-state index contributed by atoms with van der Waals surface area (Å²) in [5.41, 5.74) is 0.882. The smallest absolute Gasteiger partial charge is 0.289 e. The van der Waals surface area contributed by atoms with E-state index in [0.717, 1.165) is 24.4 Å². The first kappa shape index (κ1) is 18.2. The van der Waals surface area contributed by atoms with Gasteiger partial charge in [-0.3, -0.25) is 9.69 Å². The third kappa shape index (κ3) is 4.07. The molecule has 28 heavy (non-hydrogen) atoms. The lowest BCUT2D eigenvalue weighted by atomic mass is 10.2. The topological polar surface area (TPSA) is 84.8 Å². The summed E-state index contributed by atoms with van der Waals surface area (Å²) in [4.78, 5) is 20.8. The van der Waals surface area contributed by atoms with E-state index in [1.807, 2.05) is 31.2 Å². The number of hydrogen-bond donors (Lipinski definition) is 0. The second-order valence-corrected chi connectivity index (χ2v) is 6.51. The Bertz CT molecular complexity index is 897. The fourth-order valence-electron chi connectivity index (χ4n) is 3.16. The van der Waals surface area contributed by atoms with Crippen LogP contribution in [0.4, 0.5) is 0 Å². The summed E-state index contributed by atoms with van der Waals surface area (Å²) < 4.78 is 16.0. The van der Waals surface area contributed by atoms with Gasteiger partial charge < -0.3 is 18.6 Å². The van der Waals surface area contributed by atoms with Gasteiger partial charge in [-0.05, 0) is 43.3 Å². The Kier molecular flexibility index (Phi) is 5.38. The Labute approximate surface area is 162 Å². The summed E-state index contributed by atoms with van der Waals surface area (Å²) >= 11 is 0. The maximum Gasteiger partial charge on any atom is 0.289 e. The molecule has 0 radical (unpaired) electrons. The zero-order chi connectivity index (χ0) is 19.3. The van der Waals surface area contributed by atoms with E-state index in [1.165, 1.54) is 6.26 Å². The minimum Gasteiger partial charge on any atom is -0.494 e. The van der Waals surface area contributed by atoms with Gasteiger partial charge in [-0.2, -0.15) is 4.98 Å². The van der Waals surface area contributed by atoms with Crippen LogP contribution in [-0.2, 0) is 6.54 Å². The fraction of sp³-hybridized carbons (Fsp3) is 0.350. The van der Waals surface area contributed by atoms with Crippen LogP contribution in [0, 0.1) is 0 Å². The van der Waals surface area contributed by atoms with Gasteiger partial charge in [0, 0.05) is 31.7 Å². The van der Waals surface area contributed by atoms with Crippen molar-refractivity contribution in [3.8, 4) is 17.1 Å². The van der Waals surface area contributed by atoms with Gasteiger partial charge in [-0.15, -0.1) is 0 Å². The molecule has 1 aromatic carbocycles. The van der Waals surface area contributed by atoms with Gasteiger partial charge in [-0.25, -0.2) is 0 Å². The molecule has 0 bridgehead atoms. The van der Waals surface area contributed by atoms with Crippen molar-refractivity contribution in [2.45, 2.75) is 13.5 Å². The summed E-state index contributed by atoms with van der Waals surface area (Å²) in [6.45, 7) is 5.91. The summed E-state index contributed by atoms with van der Waals surface area (Å²) in [5.74, 6) is 2.25. The molecule has 1 aliphatic rings. The third-order valence-corrected chi connectivity index (χ3v) is 4.64. The Morgan fingerprint density at radius 2 is 1.93 bits per heavy atom. The minimum absolute atomic E-state index is 0.0692. The number of ether oxygens (including phenoxy) is 1. The molecule has 1 fully saturated rings. The standard InChI is InChI=1S/C20H22N4O4/c1-2-26-16-7-5-15(6-8-16)19-21-18(28-22-19)14-23-9-11-24(12-10-23)20(25)17-4-3-13-27-17/h3-8,13H,2,9-12,14H2,1H3. The molecule has 0 unspecified atom stereocenters. The number of carbonyl (C=O) groups is 1. The average molecular weight is 382 g/mol. The lowest BCUT2D eigenvalue weighted by Gasteiger charge is -2.33. The highest BCUT2D eigenvalue weighted by atomic mass is 16.5. The molecule has 0 spiro atoms. The highest BCUT2D eigenvalue weighted by Crippen LogP contribution is 2.20. The Morgan fingerprint density at radius 1 is 1.14 bits per heavy atom. The molecule has 1 aliphatic heterocycles. The number of furan rings is 1. The van der Waals surface area contributed by atoms with E-state index in [1.54, 1.807) is 17.0 Å². The van der Waals surface area contributed by atoms with Crippen LogP contribution >= 0.6 is 0 Å². The van der Waals surface area contributed by atoms with Gasteiger partial charge in [0.25, 0.3) is 5.91 Å². The molecule has 0 atom stereocenters. The lowest BCUT2D eigenvalue weighted by Crippen LogP contribution is -2.48. The van der Waals surface area contributed by atoms with Crippen LogP contribution in [0.15, 0.2) is 51.6 Å². The summed E-state index contributed by atoms with van der Waals surface area (Å²) in [5, 5.41) is 4.07. The SMILES string of the molecule is CCOc1ccc(-c2noc(CN3CCN(C(=O)c4ccco4)CC3)n2)cc1. The van der Waals surface area contributed by atoms with E-state index < -0.39 is 0 Å². The van der Waals surface area contributed by atoms with Crippen molar-refractivity contribution in [3.63, 3.8) is 0 Å². The zero-order valence-electron chi connectivity index (χ0n) is 15.7. The average Bonchev–Trinajstić information content (AvgIpc) is 3.41. The number of hydrogen-bond acceptors (Lipinski definition) is 7. The van der Waals surface area contributed by atoms with E-state index in [-0.39, 0.29) is 5.91 Å². The minimum atomic E-state index is -0.0692. The van der Waals surface area contributed by atoms with Crippen molar-refractivity contribution in [1.82, 2.24) is 19.9 Å². The van der Waals surface area contributed by atoms with Crippen LogP contribution in [0.2, 0.25) is 0 Å². The highest BCUT2D eigenvalue weighted by molar-refractivity contribution is 5.91. The van der Waals surface area contributed by atoms with Crippen LogP contribution < -0.4 is 4.74 Å². The Morgan fingerprint density at radius 3 is 2.61 bits per heavy atom. The van der Waals surface area contributed by atoms with Crippen LogP contribution in [0.1, 0.15) is 23.4 Å².